The maximum absolute atomic E-state index is 11.6. The van der Waals surface area contributed by atoms with Gasteiger partial charge in [0.15, 0.2) is 0 Å². The van der Waals surface area contributed by atoms with E-state index >= 15 is 0 Å². The fourth-order valence-corrected chi connectivity index (χ4v) is 1.96. The summed E-state index contributed by atoms with van der Waals surface area (Å²) in [6, 6.07) is 0. The third kappa shape index (κ3) is 2.71. The summed E-state index contributed by atoms with van der Waals surface area (Å²) >= 11 is 0. The van der Waals surface area contributed by atoms with Crippen molar-refractivity contribution in [2.45, 2.75) is 39.7 Å². The topological polar surface area (TPSA) is 35.5 Å². The number of rotatable bonds is 3. The van der Waals surface area contributed by atoms with Gasteiger partial charge in [-0.25, -0.2) is 0 Å². The van der Waals surface area contributed by atoms with Gasteiger partial charge in [-0.05, 0) is 25.7 Å². The largest absolute Gasteiger partial charge is 0.466 e. The lowest BCUT2D eigenvalue weighted by Gasteiger charge is -2.32. The van der Waals surface area contributed by atoms with Crippen LogP contribution in [0, 0.1) is 11.8 Å². The highest BCUT2D eigenvalue weighted by Gasteiger charge is 2.34. The fourth-order valence-electron chi connectivity index (χ4n) is 1.96. The van der Waals surface area contributed by atoms with Crippen LogP contribution in [-0.2, 0) is 14.3 Å². The molecule has 0 spiro atoms. The smallest absolute Gasteiger partial charge is 0.311 e. The fraction of sp³-hybridized carbons (Fsp3) is 0.909. The maximum Gasteiger partial charge on any atom is 0.311 e. The highest BCUT2D eigenvalue weighted by molar-refractivity contribution is 5.73. The Bertz CT molecular complexity index is 189. The number of carbonyl (C=O) groups is 1. The van der Waals surface area contributed by atoms with E-state index < -0.39 is 0 Å². The first-order valence-electron chi connectivity index (χ1n) is 5.45. The first-order valence-corrected chi connectivity index (χ1v) is 5.45. The maximum atomic E-state index is 11.6. The van der Waals surface area contributed by atoms with E-state index in [0.29, 0.717) is 12.5 Å². The molecular weight excluding hydrogens is 180 g/mol. The van der Waals surface area contributed by atoms with Crippen molar-refractivity contribution in [2.24, 2.45) is 11.8 Å². The third-order valence-corrected chi connectivity index (χ3v) is 2.61. The lowest BCUT2D eigenvalue weighted by molar-refractivity contribution is -0.160. The zero-order valence-corrected chi connectivity index (χ0v) is 9.29. The molecule has 1 fully saturated rings. The molecule has 1 heterocycles. The second-order valence-corrected chi connectivity index (χ2v) is 4.08. The molecule has 82 valence electrons. The highest BCUT2D eigenvalue weighted by atomic mass is 16.5. The van der Waals surface area contributed by atoms with Crippen LogP contribution >= 0.6 is 0 Å². The molecule has 0 aliphatic carbocycles. The number of esters is 1. The molecule has 2 unspecified atom stereocenters. The monoisotopic (exact) mass is 200 g/mol. The van der Waals surface area contributed by atoms with E-state index in [1.54, 1.807) is 0 Å². The summed E-state index contributed by atoms with van der Waals surface area (Å²) < 4.78 is 10.7. The van der Waals surface area contributed by atoms with Crippen LogP contribution in [0.15, 0.2) is 0 Å². The summed E-state index contributed by atoms with van der Waals surface area (Å²) in [5, 5.41) is 0. The van der Waals surface area contributed by atoms with Crippen molar-refractivity contribution >= 4 is 5.97 Å². The number of hydrogen-bond donors (Lipinski definition) is 0. The zero-order valence-electron chi connectivity index (χ0n) is 9.29. The van der Waals surface area contributed by atoms with Gasteiger partial charge in [-0.15, -0.1) is 0 Å². The normalized spacial score (nSPS) is 27.7. The molecule has 0 amide bonds. The van der Waals surface area contributed by atoms with Gasteiger partial charge in [-0.3, -0.25) is 4.79 Å². The average molecular weight is 200 g/mol. The van der Waals surface area contributed by atoms with Gasteiger partial charge in [0.2, 0.25) is 0 Å². The van der Waals surface area contributed by atoms with E-state index in [1.807, 2.05) is 6.92 Å². The Morgan fingerprint density at radius 2 is 2.29 bits per heavy atom. The van der Waals surface area contributed by atoms with E-state index in [-0.39, 0.29) is 18.0 Å². The third-order valence-electron chi connectivity index (χ3n) is 2.61. The number of hydrogen-bond acceptors (Lipinski definition) is 3. The van der Waals surface area contributed by atoms with Crippen LogP contribution in [-0.4, -0.2) is 25.3 Å². The lowest BCUT2D eigenvalue weighted by atomic mass is 9.87. The van der Waals surface area contributed by atoms with Crippen molar-refractivity contribution in [1.82, 2.24) is 0 Å². The standard InChI is InChI=1S/C11H20O3/c1-4-13-11(12)9-6-5-7-14-10(9)8(2)3/h8-10H,4-7H2,1-3H3. The summed E-state index contributed by atoms with van der Waals surface area (Å²) in [6.07, 6.45) is 1.91. The van der Waals surface area contributed by atoms with Crippen LogP contribution < -0.4 is 0 Å². The average Bonchev–Trinajstić information content (AvgIpc) is 2.18. The van der Waals surface area contributed by atoms with Gasteiger partial charge in [0.05, 0.1) is 18.6 Å². The molecule has 2 atom stereocenters. The van der Waals surface area contributed by atoms with Crippen LogP contribution in [0.5, 0.6) is 0 Å². The van der Waals surface area contributed by atoms with Gasteiger partial charge in [-0.1, -0.05) is 13.8 Å². The molecule has 0 aromatic carbocycles. The minimum absolute atomic E-state index is 0.0443. The predicted molar refractivity (Wildman–Crippen MR) is 53.9 cm³/mol. The Kier molecular flexibility index (Phi) is 4.39. The Morgan fingerprint density at radius 1 is 1.57 bits per heavy atom. The molecule has 0 saturated carbocycles. The molecule has 3 nitrogen and oxygen atoms in total. The van der Waals surface area contributed by atoms with Crippen molar-refractivity contribution in [1.29, 1.82) is 0 Å². The molecule has 0 N–H and O–H groups in total. The molecule has 1 aliphatic rings. The summed E-state index contributed by atoms with van der Waals surface area (Å²) in [6.45, 7) is 7.25. The van der Waals surface area contributed by atoms with Crippen LogP contribution in [0.3, 0.4) is 0 Å². The molecule has 1 saturated heterocycles. The zero-order chi connectivity index (χ0) is 10.6. The molecule has 0 aromatic rings. The van der Waals surface area contributed by atoms with Crippen molar-refractivity contribution in [3.63, 3.8) is 0 Å². The van der Waals surface area contributed by atoms with Gasteiger partial charge < -0.3 is 9.47 Å². The molecular formula is C11H20O3. The Hall–Kier alpha value is -0.570. The van der Waals surface area contributed by atoms with E-state index in [0.717, 1.165) is 19.4 Å². The summed E-state index contributed by atoms with van der Waals surface area (Å²) in [4.78, 5) is 11.6. The number of ether oxygens (including phenoxy) is 2. The Morgan fingerprint density at radius 3 is 2.86 bits per heavy atom. The van der Waals surface area contributed by atoms with Gasteiger partial charge in [0.1, 0.15) is 0 Å². The summed E-state index contributed by atoms with van der Waals surface area (Å²) in [7, 11) is 0. The Balaban J connectivity index is 2.57. The molecule has 1 aliphatic heterocycles. The minimum atomic E-state index is -0.0918. The SMILES string of the molecule is CCOC(=O)C1CCCOC1C(C)C. The molecule has 0 bridgehead atoms. The van der Waals surface area contributed by atoms with E-state index in [1.165, 1.54) is 0 Å². The summed E-state index contributed by atoms with van der Waals surface area (Å²) in [5.41, 5.74) is 0. The van der Waals surface area contributed by atoms with Crippen LogP contribution in [0.25, 0.3) is 0 Å². The quantitative estimate of drug-likeness (QED) is 0.654. The summed E-state index contributed by atoms with van der Waals surface area (Å²) in [5.74, 6) is 0.235. The molecule has 3 heteroatoms. The Labute approximate surface area is 85.8 Å². The van der Waals surface area contributed by atoms with E-state index in [9.17, 15) is 4.79 Å². The van der Waals surface area contributed by atoms with Gasteiger partial charge in [0.25, 0.3) is 0 Å². The first-order chi connectivity index (χ1) is 6.66. The molecule has 0 radical (unpaired) electrons. The molecule has 1 rings (SSSR count). The van der Waals surface area contributed by atoms with Gasteiger partial charge in [0, 0.05) is 6.61 Å². The van der Waals surface area contributed by atoms with Crippen molar-refractivity contribution in [2.75, 3.05) is 13.2 Å². The highest BCUT2D eigenvalue weighted by Crippen LogP contribution is 2.27. The van der Waals surface area contributed by atoms with E-state index in [2.05, 4.69) is 13.8 Å². The van der Waals surface area contributed by atoms with Crippen molar-refractivity contribution < 1.29 is 14.3 Å². The lowest BCUT2D eigenvalue weighted by Crippen LogP contribution is -2.39. The number of carbonyl (C=O) groups excluding carboxylic acids is 1. The van der Waals surface area contributed by atoms with Crippen molar-refractivity contribution in [3.05, 3.63) is 0 Å². The second kappa shape index (κ2) is 5.35. The van der Waals surface area contributed by atoms with Crippen LogP contribution in [0.2, 0.25) is 0 Å². The first kappa shape index (κ1) is 11.5. The van der Waals surface area contributed by atoms with Crippen molar-refractivity contribution in [3.8, 4) is 0 Å². The van der Waals surface area contributed by atoms with Crippen LogP contribution in [0.4, 0.5) is 0 Å². The second-order valence-electron chi connectivity index (χ2n) is 4.08. The molecule has 14 heavy (non-hydrogen) atoms. The minimum Gasteiger partial charge on any atom is -0.466 e. The predicted octanol–water partition coefficient (Wildman–Crippen LogP) is 2.00. The van der Waals surface area contributed by atoms with Gasteiger partial charge >= 0.3 is 5.97 Å². The van der Waals surface area contributed by atoms with Crippen LogP contribution in [0.1, 0.15) is 33.6 Å². The molecule has 0 aromatic heterocycles. The van der Waals surface area contributed by atoms with E-state index in [4.69, 9.17) is 9.47 Å². The van der Waals surface area contributed by atoms with Gasteiger partial charge in [-0.2, -0.15) is 0 Å².